The molecule has 0 bridgehead atoms. The Bertz CT molecular complexity index is 725. The molecule has 0 saturated heterocycles. The molecule has 0 saturated carbocycles. The van der Waals surface area contributed by atoms with Gasteiger partial charge in [-0.1, -0.05) is 11.8 Å². The summed E-state index contributed by atoms with van der Waals surface area (Å²) >= 11 is 1.29. The maximum Gasteiger partial charge on any atom is 0.337 e. The zero-order valence-electron chi connectivity index (χ0n) is 10.1. The fraction of sp³-hybridized carbons (Fsp3) is 0. The molecule has 2 aromatic rings. The maximum atomic E-state index is 11.1. The van der Waals surface area contributed by atoms with Gasteiger partial charge in [-0.25, -0.2) is 23.3 Å². The number of nitrogens with two attached hydrogens (primary N) is 1. The van der Waals surface area contributed by atoms with Crippen LogP contribution in [0.2, 0.25) is 0 Å². The van der Waals surface area contributed by atoms with Crippen molar-refractivity contribution < 1.29 is 18.3 Å². The number of hydrogen-bond acceptors (Lipinski definition) is 5. The minimum atomic E-state index is -3.70. The van der Waals surface area contributed by atoms with Gasteiger partial charge in [0.25, 0.3) is 0 Å². The summed E-state index contributed by atoms with van der Waals surface area (Å²) < 4.78 is 22.2. The Morgan fingerprint density at radius 1 is 1.15 bits per heavy atom. The van der Waals surface area contributed by atoms with Crippen molar-refractivity contribution in [2.45, 2.75) is 14.8 Å². The van der Waals surface area contributed by atoms with Crippen LogP contribution >= 0.6 is 11.8 Å². The van der Waals surface area contributed by atoms with E-state index < -0.39 is 16.0 Å². The second-order valence-corrected chi connectivity index (χ2v) is 6.46. The van der Waals surface area contributed by atoms with Gasteiger partial charge in [0, 0.05) is 11.1 Å². The van der Waals surface area contributed by atoms with E-state index in [0.717, 1.165) is 4.90 Å². The molecule has 1 aromatic carbocycles. The van der Waals surface area contributed by atoms with Crippen LogP contribution in [0.1, 0.15) is 10.4 Å². The number of aromatic carboxylic acids is 1. The Kier molecular flexibility index (Phi) is 4.07. The average molecular weight is 310 g/mol. The monoisotopic (exact) mass is 310 g/mol. The number of carboxylic acids is 1. The summed E-state index contributed by atoms with van der Waals surface area (Å²) in [5.41, 5.74) is 0.110. The van der Waals surface area contributed by atoms with E-state index in [-0.39, 0.29) is 10.5 Å². The van der Waals surface area contributed by atoms with Gasteiger partial charge in [0.2, 0.25) is 10.0 Å². The van der Waals surface area contributed by atoms with Crippen LogP contribution in [-0.4, -0.2) is 24.5 Å². The summed E-state index contributed by atoms with van der Waals surface area (Å²) in [5.74, 6) is -1.04. The van der Waals surface area contributed by atoms with E-state index in [2.05, 4.69) is 4.98 Å². The highest BCUT2D eigenvalue weighted by atomic mass is 32.2. The first kappa shape index (κ1) is 14.5. The molecule has 2 rings (SSSR count). The first-order chi connectivity index (χ1) is 9.36. The molecule has 0 radical (unpaired) electrons. The Hall–Kier alpha value is -1.90. The first-order valence-electron chi connectivity index (χ1n) is 5.36. The maximum absolute atomic E-state index is 11.1. The summed E-state index contributed by atoms with van der Waals surface area (Å²) in [6.07, 6.45) is 1.27. The van der Waals surface area contributed by atoms with Gasteiger partial charge < -0.3 is 5.11 Å². The van der Waals surface area contributed by atoms with E-state index in [1.54, 1.807) is 18.2 Å². The summed E-state index contributed by atoms with van der Waals surface area (Å²) in [5, 5.41) is 14.4. The highest BCUT2D eigenvalue weighted by Gasteiger charge is 2.08. The molecule has 104 valence electrons. The second-order valence-electron chi connectivity index (χ2n) is 3.81. The lowest BCUT2D eigenvalue weighted by atomic mass is 10.3. The number of aromatic nitrogens is 1. The lowest BCUT2D eigenvalue weighted by molar-refractivity contribution is 0.0696. The summed E-state index contributed by atoms with van der Waals surface area (Å²) in [6.45, 7) is 0. The molecule has 0 atom stereocenters. The Morgan fingerprint density at radius 2 is 1.80 bits per heavy atom. The van der Waals surface area contributed by atoms with Gasteiger partial charge in [-0.15, -0.1) is 0 Å². The van der Waals surface area contributed by atoms with Crippen molar-refractivity contribution in [2.75, 3.05) is 0 Å². The number of pyridine rings is 1. The second kappa shape index (κ2) is 5.61. The predicted octanol–water partition coefficient (Wildman–Crippen LogP) is 1.58. The van der Waals surface area contributed by atoms with Gasteiger partial charge in [-0.3, -0.25) is 0 Å². The molecular formula is C12H10N2O4S2. The Labute approximate surface area is 119 Å². The number of nitrogens with zero attached hydrogens (tertiary/aromatic N) is 1. The molecule has 0 spiro atoms. The fourth-order valence-corrected chi connectivity index (χ4v) is 2.66. The Balaban J connectivity index is 2.16. The number of sulfonamides is 1. The molecule has 6 nitrogen and oxygen atoms in total. The molecule has 8 heteroatoms. The van der Waals surface area contributed by atoms with Crippen LogP contribution in [0.15, 0.2) is 57.4 Å². The van der Waals surface area contributed by atoms with Crippen LogP contribution in [0.5, 0.6) is 0 Å². The van der Waals surface area contributed by atoms with E-state index >= 15 is 0 Å². The first-order valence-corrected chi connectivity index (χ1v) is 7.72. The van der Waals surface area contributed by atoms with Crippen molar-refractivity contribution in [3.8, 4) is 0 Å². The SMILES string of the molecule is NS(=O)(=O)c1ccc(Sc2ccc(C(=O)O)cn2)cc1. The van der Waals surface area contributed by atoms with Crippen LogP contribution in [0.3, 0.4) is 0 Å². The van der Waals surface area contributed by atoms with E-state index in [1.807, 2.05) is 0 Å². The molecule has 0 amide bonds. The third kappa shape index (κ3) is 3.56. The summed E-state index contributed by atoms with van der Waals surface area (Å²) in [7, 11) is -3.70. The van der Waals surface area contributed by atoms with Crippen LogP contribution in [0, 0.1) is 0 Å². The molecule has 0 aliphatic carbocycles. The number of benzene rings is 1. The van der Waals surface area contributed by atoms with Crippen LogP contribution in [0.4, 0.5) is 0 Å². The van der Waals surface area contributed by atoms with Gasteiger partial charge in [-0.2, -0.15) is 0 Å². The number of rotatable bonds is 4. The van der Waals surface area contributed by atoms with Crippen molar-refractivity contribution in [3.05, 3.63) is 48.2 Å². The van der Waals surface area contributed by atoms with Crippen molar-refractivity contribution in [3.63, 3.8) is 0 Å². The minimum Gasteiger partial charge on any atom is -0.478 e. The summed E-state index contributed by atoms with van der Waals surface area (Å²) in [4.78, 5) is 15.5. The number of primary sulfonamides is 1. The quantitative estimate of drug-likeness (QED) is 0.887. The zero-order valence-corrected chi connectivity index (χ0v) is 11.7. The van der Waals surface area contributed by atoms with Crippen LogP contribution < -0.4 is 5.14 Å². The third-order valence-electron chi connectivity index (χ3n) is 2.36. The number of carboxylic acid groups (broad SMARTS) is 1. The van der Waals surface area contributed by atoms with Crippen LogP contribution in [-0.2, 0) is 10.0 Å². The molecule has 0 aliphatic rings. The van der Waals surface area contributed by atoms with Gasteiger partial charge in [0.05, 0.1) is 10.5 Å². The molecule has 1 heterocycles. The molecule has 3 N–H and O–H groups in total. The summed E-state index contributed by atoms with van der Waals surface area (Å²) in [6, 6.07) is 9.07. The number of carbonyl (C=O) groups is 1. The molecule has 0 unspecified atom stereocenters. The van der Waals surface area contributed by atoms with Crippen molar-refractivity contribution in [2.24, 2.45) is 5.14 Å². The highest BCUT2D eigenvalue weighted by molar-refractivity contribution is 7.99. The standard InChI is InChI=1S/C12H10N2O4S2/c13-20(17,18)10-4-2-9(3-5-10)19-11-6-1-8(7-14-11)12(15)16/h1-7H,(H,15,16)(H2,13,17,18). The zero-order chi connectivity index (χ0) is 14.8. The molecular weight excluding hydrogens is 300 g/mol. The fourth-order valence-electron chi connectivity index (χ4n) is 1.39. The molecule has 0 aliphatic heterocycles. The molecule has 1 aromatic heterocycles. The van der Waals surface area contributed by atoms with Crippen molar-refractivity contribution in [1.29, 1.82) is 0 Å². The van der Waals surface area contributed by atoms with E-state index in [4.69, 9.17) is 10.2 Å². The minimum absolute atomic E-state index is 0.0380. The largest absolute Gasteiger partial charge is 0.478 e. The van der Waals surface area contributed by atoms with E-state index in [9.17, 15) is 13.2 Å². The van der Waals surface area contributed by atoms with E-state index in [1.165, 1.54) is 36.2 Å². The third-order valence-corrected chi connectivity index (χ3v) is 4.25. The van der Waals surface area contributed by atoms with Crippen molar-refractivity contribution in [1.82, 2.24) is 4.98 Å². The van der Waals surface area contributed by atoms with Crippen LogP contribution in [0.25, 0.3) is 0 Å². The lowest BCUT2D eigenvalue weighted by Gasteiger charge is -2.03. The van der Waals surface area contributed by atoms with Crippen molar-refractivity contribution >= 4 is 27.8 Å². The highest BCUT2D eigenvalue weighted by Crippen LogP contribution is 2.26. The average Bonchev–Trinajstić information content (AvgIpc) is 2.39. The topological polar surface area (TPSA) is 110 Å². The predicted molar refractivity (Wildman–Crippen MR) is 73.1 cm³/mol. The van der Waals surface area contributed by atoms with Gasteiger partial charge in [-0.05, 0) is 36.4 Å². The van der Waals surface area contributed by atoms with Gasteiger partial charge in [0.1, 0.15) is 5.03 Å². The lowest BCUT2D eigenvalue weighted by Crippen LogP contribution is -2.11. The van der Waals surface area contributed by atoms with Gasteiger partial charge >= 0.3 is 5.97 Å². The van der Waals surface area contributed by atoms with Gasteiger partial charge in [0.15, 0.2) is 0 Å². The normalized spacial score (nSPS) is 11.2. The smallest absolute Gasteiger partial charge is 0.337 e. The Morgan fingerprint density at radius 3 is 2.25 bits per heavy atom. The van der Waals surface area contributed by atoms with E-state index in [0.29, 0.717) is 5.03 Å². The molecule has 0 fully saturated rings. The number of hydrogen-bond donors (Lipinski definition) is 2. The molecule has 20 heavy (non-hydrogen) atoms.